The van der Waals surface area contributed by atoms with Crippen molar-refractivity contribution in [2.75, 3.05) is 0 Å². The normalized spacial score (nSPS) is 23.3. The maximum atomic E-state index is 13.9. The minimum Gasteiger partial charge on any atom is -0.331 e. The molecule has 2 atom stereocenters. The number of fused-ring (bicyclic) bond motifs is 2. The third-order valence-corrected chi connectivity index (χ3v) is 5.01. The third-order valence-electron chi connectivity index (χ3n) is 5.01. The molecule has 6 heteroatoms. The molecule has 2 aliphatic heterocycles. The second kappa shape index (κ2) is 5.44. The van der Waals surface area contributed by atoms with Gasteiger partial charge >= 0.3 is 0 Å². The number of rotatable bonds is 2. The van der Waals surface area contributed by atoms with Crippen LogP contribution in [0.1, 0.15) is 48.3 Å². The number of hydrogen-bond acceptors (Lipinski definition) is 3. The minimum absolute atomic E-state index is 0.0362. The van der Waals surface area contributed by atoms with Crippen LogP contribution in [0, 0.1) is 12.7 Å². The largest absolute Gasteiger partial charge is 0.331 e. The van der Waals surface area contributed by atoms with Gasteiger partial charge in [0.1, 0.15) is 0 Å². The molecule has 120 valence electrons. The lowest BCUT2D eigenvalue weighted by Gasteiger charge is -2.34. The average Bonchev–Trinajstić information content (AvgIpc) is 3.12. The number of H-pyrrole nitrogens is 1. The number of nitrogens with zero attached hydrogens (tertiary/aromatic N) is 3. The molecule has 2 saturated heterocycles. The van der Waals surface area contributed by atoms with E-state index in [1.807, 2.05) is 4.90 Å². The SMILES string of the molecule is Cc1cc(-c2cc(C(=O)N3[C@@H]4CCC[C@H]3CC4)n[nH]2)c(F)cn1. The van der Waals surface area contributed by atoms with Crippen molar-refractivity contribution in [3.8, 4) is 11.3 Å². The summed E-state index contributed by atoms with van der Waals surface area (Å²) in [6.45, 7) is 1.80. The molecule has 0 unspecified atom stereocenters. The van der Waals surface area contributed by atoms with Gasteiger partial charge in [-0.2, -0.15) is 5.10 Å². The van der Waals surface area contributed by atoms with Crippen LogP contribution in [0.2, 0.25) is 0 Å². The number of carbonyl (C=O) groups is 1. The number of amides is 1. The second-order valence-corrected chi connectivity index (χ2v) is 6.50. The molecule has 4 rings (SSSR count). The van der Waals surface area contributed by atoms with Crippen LogP contribution in [-0.4, -0.2) is 38.1 Å². The molecule has 0 aromatic carbocycles. The van der Waals surface area contributed by atoms with E-state index in [0.717, 1.165) is 31.4 Å². The van der Waals surface area contributed by atoms with Crippen LogP contribution in [0.3, 0.4) is 0 Å². The molecular formula is C17H19FN4O. The maximum Gasteiger partial charge on any atom is 0.274 e. The van der Waals surface area contributed by atoms with Crippen LogP contribution in [0.4, 0.5) is 4.39 Å². The molecule has 2 aliphatic rings. The second-order valence-electron chi connectivity index (χ2n) is 6.50. The van der Waals surface area contributed by atoms with Crippen molar-refractivity contribution >= 4 is 5.91 Å². The van der Waals surface area contributed by atoms with Crippen LogP contribution in [0.5, 0.6) is 0 Å². The van der Waals surface area contributed by atoms with Crippen molar-refractivity contribution in [1.82, 2.24) is 20.1 Å². The zero-order valence-corrected chi connectivity index (χ0v) is 13.1. The van der Waals surface area contributed by atoms with E-state index in [9.17, 15) is 9.18 Å². The maximum absolute atomic E-state index is 13.9. The number of hydrogen-bond donors (Lipinski definition) is 1. The van der Waals surface area contributed by atoms with E-state index in [-0.39, 0.29) is 5.91 Å². The zero-order valence-electron chi connectivity index (χ0n) is 13.1. The Balaban J connectivity index is 1.63. The summed E-state index contributed by atoms with van der Waals surface area (Å²) >= 11 is 0. The first-order valence-corrected chi connectivity index (χ1v) is 8.14. The van der Waals surface area contributed by atoms with Crippen LogP contribution < -0.4 is 0 Å². The lowest BCUT2D eigenvalue weighted by Crippen LogP contribution is -2.44. The average molecular weight is 314 g/mol. The zero-order chi connectivity index (χ0) is 16.0. The van der Waals surface area contributed by atoms with Crippen LogP contribution in [0.25, 0.3) is 11.3 Å². The Kier molecular flexibility index (Phi) is 3.39. The fourth-order valence-corrected chi connectivity index (χ4v) is 3.90. The van der Waals surface area contributed by atoms with E-state index in [1.165, 1.54) is 12.6 Å². The number of carbonyl (C=O) groups excluding carboxylic acids is 1. The number of halogens is 1. The summed E-state index contributed by atoms with van der Waals surface area (Å²) in [6.07, 6.45) is 6.73. The van der Waals surface area contributed by atoms with E-state index in [2.05, 4.69) is 15.2 Å². The van der Waals surface area contributed by atoms with Gasteiger partial charge in [0.05, 0.1) is 11.9 Å². The van der Waals surface area contributed by atoms with Crippen molar-refractivity contribution in [3.63, 3.8) is 0 Å². The molecule has 0 saturated carbocycles. The molecule has 0 aliphatic carbocycles. The summed E-state index contributed by atoms with van der Waals surface area (Å²) < 4.78 is 13.9. The summed E-state index contributed by atoms with van der Waals surface area (Å²) in [5.41, 5.74) is 2.00. The molecular weight excluding hydrogens is 295 g/mol. The Morgan fingerprint density at radius 1 is 1.26 bits per heavy atom. The van der Waals surface area contributed by atoms with Crippen molar-refractivity contribution in [1.29, 1.82) is 0 Å². The van der Waals surface area contributed by atoms with E-state index < -0.39 is 5.82 Å². The smallest absolute Gasteiger partial charge is 0.274 e. The molecule has 0 spiro atoms. The highest BCUT2D eigenvalue weighted by Crippen LogP contribution is 2.36. The van der Waals surface area contributed by atoms with E-state index in [0.29, 0.717) is 29.0 Å². The predicted molar refractivity (Wildman–Crippen MR) is 83.3 cm³/mol. The van der Waals surface area contributed by atoms with Crippen molar-refractivity contribution in [2.24, 2.45) is 0 Å². The fourth-order valence-electron chi connectivity index (χ4n) is 3.90. The molecule has 2 aromatic rings. The van der Waals surface area contributed by atoms with Gasteiger partial charge in [-0.25, -0.2) is 4.39 Å². The van der Waals surface area contributed by atoms with Crippen molar-refractivity contribution in [3.05, 3.63) is 35.5 Å². The van der Waals surface area contributed by atoms with Gasteiger partial charge in [0.25, 0.3) is 5.91 Å². The molecule has 23 heavy (non-hydrogen) atoms. The number of aromatic amines is 1. The van der Waals surface area contributed by atoms with E-state index in [4.69, 9.17) is 0 Å². The number of piperidine rings is 1. The van der Waals surface area contributed by atoms with Gasteiger partial charge in [0, 0.05) is 23.3 Å². The van der Waals surface area contributed by atoms with Gasteiger partial charge in [0.15, 0.2) is 11.5 Å². The number of aryl methyl sites for hydroxylation is 1. The quantitative estimate of drug-likeness (QED) is 0.926. The first-order valence-electron chi connectivity index (χ1n) is 8.14. The number of pyridine rings is 1. The van der Waals surface area contributed by atoms with Crippen LogP contribution in [0.15, 0.2) is 18.3 Å². The first-order chi connectivity index (χ1) is 11.1. The van der Waals surface area contributed by atoms with Gasteiger partial charge < -0.3 is 4.90 Å². The molecule has 1 N–H and O–H groups in total. The van der Waals surface area contributed by atoms with E-state index >= 15 is 0 Å². The van der Waals surface area contributed by atoms with E-state index in [1.54, 1.807) is 19.1 Å². The minimum atomic E-state index is -0.420. The lowest BCUT2D eigenvalue weighted by molar-refractivity contribution is 0.0589. The summed E-state index contributed by atoms with van der Waals surface area (Å²) in [6, 6.07) is 4.00. The molecule has 5 nitrogen and oxygen atoms in total. The summed E-state index contributed by atoms with van der Waals surface area (Å²) in [7, 11) is 0. The molecule has 0 radical (unpaired) electrons. The molecule has 2 fully saturated rings. The Morgan fingerprint density at radius 3 is 2.74 bits per heavy atom. The highest BCUT2D eigenvalue weighted by Gasteiger charge is 2.40. The monoisotopic (exact) mass is 314 g/mol. The summed E-state index contributed by atoms with van der Waals surface area (Å²) in [4.78, 5) is 18.7. The van der Waals surface area contributed by atoms with Crippen LogP contribution >= 0.6 is 0 Å². The summed E-state index contributed by atoms with van der Waals surface area (Å²) in [5, 5.41) is 6.93. The Morgan fingerprint density at radius 2 is 2.00 bits per heavy atom. The third kappa shape index (κ3) is 2.42. The summed E-state index contributed by atoms with van der Waals surface area (Å²) in [5.74, 6) is -0.456. The fraction of sp³-hybridized carbons (Fsp3) is 0.471. The molecule has 1 amide bonds. The molecule has 2 aromatic heterocycles. The highest BCUT2D eigenvalue weighted by atomic mass is 19.1. The molecule has 2 bridgehead atoms. The van der Waals surface area contributed by atoms with Gasteiger partial charge in [-0.1, -0.05) is 0 Å². The first kappa shape index (κ1) is 14.4. The predicted octanol–water partition coefficient (Wildman–Crippen LogP) is 3.08. The number of nitrogens with one attached hydrogen (secondary N) is 1. The Hall–Kier alpha value is -2.24. The van der Waals surface area contributed by atoms with Crippen molar-refractivity contribution in [2.45, 2.75) is 51.1 Å². The van der Waals surface area contributed by atoms with Gasteiger partial charge in [-0.3, -0.25) is 14.9 Å². The van der Waals surface area contributed by atoms with Gasteiger partial charge in [-0.15, -0.1) is 0 Å². The van der Waals surface area contributed by atoms with Gasteiger partial charge in [0.2, 0.25) is 0 Å². The Labute approximate surface area is 133 Å². The van der Waals surface area contributed by atoms with Crippen LogP contribution in [-0.2, 0) is 0 Å². The highest BCUT2D eigenvalue weighted by molar-refractivity contribution is 5.94. The number of aromatic nitrogens is 3. The molecule has 4 heterocycles. The topological polar surface area (TPSA) is 61.9 Å². The Bertz CT molecular complexity index is 741. The lowest BCUT2D eigenvalue weighted by atomic mass is 10.0. The van der Waals surface area contributed by atoms with Gasteiger partial charge in [-0.05, 0) is 51.2 Å². The van der Waals surface area contributed by atoms with Crippen molar-refractivity contribution < 1.29 is 9.18 Å². The standard InChI is InChI=1S/C17H19FN4O/c1-10-7-13(14(18)9-19-10)15-8-16(21-20-15)17(23)22-11-3-2-4-12(22)6-5-11/h7-9,11-12H,2-6H2,1H3,(H,20,21)/t11-,12+.